The highest BCUT2D eigenvalue weighted by molar-refractivity contribution is 5.84. The summed E-state index contributed by atoms with van der Waals surface area (Å²) in [5.41, 5.74) is 0. The number of carboxylic acids is 1. The zero-order valence-electron chi connectivity index (χ0n) is 9.49. The monoisotopic (exact) mass is 213 g/mol. The molecule has 0 bridgehead atoms. The molecule has 0 heterocycles. The smallest absolute Gasteiger partial charge is 0.307 e. The fourth-order valence-corrected chi connectivity index (χ4v) is 1.63. The van der Waals surface area contributed by atoms with Gasteiger partial charge in [-0.2, -0.15) is 0 Å². The number of rotatable bonds is 5. The molecule has 1 fully saturated rings. The standard InChI is InChI=1S/C11H19NO3/c1-4-8-5-9(8)12-10(13)6(2)7(3)11(14)15/h6-9H,4-5H2,1-3H3,(H,12,13)(H,14,15). The Hall–Kier alpha value is -1.06. The largest absolute Gasteiger partial charge is 0.481 e. The molecule has 1 aliphatic rings. The van der Waals surface area contributed by atoms with E-state index in [0.717, 1.165) is 12.8 Å². The van der Waals surface area contributed by atoms with E-state index in [0.29, 0.717) is 5.92 Å². The summed E-state index contributed by atoms with van der Waals surface area (Å²) in [7, 11) is 0. The van der Waals surface area contributed by atoms with Gasteiger partial charge in [-0.15, -0.1) is 0 Å². The molecule has 4 atom stereocenters. The molecule has 1 aliphatic carbocycles. The number of carboxylic acid groups (broad SMARTS) is 1. The second-order valence-corrected chi connectivity index (χ2v) is 4.43. The van der Waals surface area contributed by atoms with Crippen LogP contribution in [-0.4, -0.2) is 23.0 Å². The molecule has 4 heteroatoms. The molecule has 0 aliphatic heterocycles. The molecule has 15 heavy (non-hydrogen) atoms. The van der Waals surface area contributed by atoms with Crippen LogP contribution in [0.3, 0.4) is 0 Å². The molecular weight excluding hydrogens is 194 g/mol. The molecule has 0 aromatic rings. The Balaban J connectivity index is 2.37. The fraction of sp³-hybridized carbons (Fsp3) is 0.818. The van der Waals surface area contributed by atoms with Gasteiger partial charge in [-0.25, -0.2) is 0 Å². The molecule has 1 rings (SSSR count). The number of amides is 1. The molecule has 1 saturated carbocycles. The van der Waals surface area contributed by atoms with Crippen LogP contribution >= 0.6 is 0 Å². The number of carbonyl (C=O) groups is 2. The molecule has 4 unspecified atom stereocenters. The van der Waals surface area contributed by atoms with Crippen LogP contribution in [0, 0.1) is 17.8 Å². The Labute approximate surface area is 90.0 Å². The molecule has 4 nitrogen and oxygen atoms in total. The van der Waals surface area contributed by atoms with Crippen molar-refractivity contribution in [1.82, 2.24) is 5.32 Å². The second-order valence-electron chi connectivity index (χ2n) is 4.43. The van der Waals surface area contributed by atoms with Gasteiger partial charge in [0.1, 0.15) is 0 Å². The molecule has 1 amide bonds. The maximum Gasteiger partial charge on any atom is 0.307 e. The van der Waals surface area contributed by atoms with E-state index < -0.39 is 17.8 Å². The minimum atomic E-state index is -0.916. The first-order valence-electron chi connectivity index (χ1n) is 5.50. The number of carbonyl (C=O) groups excluding carboxylic acids is 1. The van der Waals surface area contributed by atoms with E-state index in [1.807, 2.05) is 0 Å². The zero-order chi connectivity index (χ0) is 11.6. The number of nitrogens with one attached hydrogen (secondary N) is 1. The first kappa shape index (κ1) is 12.0. The molecule has 86 valence electrons. The van der Waals surface area contributed by atoms with Gasteiger partial charge >= 0.3 is 5.97 Å². The minimum Gasteiger partial charge on any atom is -0.481 e. The lowest BCUT2D eigenvalue weighted by atomic mass is 9.95. The summed E-state index contributed by atoms with van der Waals surface area (Å²) >= 11 is 0. The van der Waals surface area contributed by atoms with Crippen molar-refractivity contribution in [3.63, 3.8) is 0 Å². The van der Waals surface area contributed by atoms with Crippen LogP contribution in [0.4, 0.5) is 0 Å². The van der Waals surface area contributed by atoms with Crippen molar-refractivity contribution >= 4 is 11.9 Å². The van der Waals surface area contributed by atoms with Crippen molar-refractivity contribution in [2.75, 3.05) is 0 Å². The summed E-state index contributed by atoms with van der Waals surface area (Å²) in [6.07, 6.45) is 2.12. The van der Waals surface area contributed by atoms with Gasteiger partial charge in [0.2, 0.25) is 5.91 Å². The highest BCUT2D eigenvalue weighted by Crippen LogP contribution is 2.33. The van der Waals surface area contributed by atoms with Crippen LogP contribution in [0.1, 0.15) is 33.6 Å². The third-order valence-electron chi connectivity index (χ3n) is 3.33. The lowest BCUT2D eigenvalue weighted by Crippen LogP contribution is -2.36. The van der Waals surface area contributed by atoms with Gasteiger partial charge in [0.25, 0.3) is 0 Å². The summed E-state index contributed by atoms with van der Waals surface area (Å²) in [5.74, 6) is -1.53. The number of hydrogen-bond donors (Lipinski definition) is 2. The van der Waals surface area contributed by atoms with Crippen molar-refractivity contribution in [2.24, 2.45) is 17.8 Å². The minimum absolute atomic E-state index is 0.133. The summed E-state index contributed by atoms with van der Waals surface area (Å²) in [6, 6.07) is 0.283. The zero-order valence-corrected chi connectivity index (χ0v) is 9.49. The Kier molecular flexibility index (Phi) is 3.72. The van der Waals surface area contributed by atoms with Gasteiger partial charge in [0.15, 0.2) is 0 Å². The highest BCUT2D eigenvalue weighted by atomic mass is 16.4. The van der Waals surface area contributed by atoms with E-state index in [-0.39, 0.29) is 11.9 Å². The third kappa shape index (κ3) is 2.94. The average Bonchev–Trinajstić information content (AvgIpc) is 2.93. The normalized spacial score (nSPS) is 27.9. The van der Waals surface area contributed by atoms with E-state index in [1.54, 1.807) is 13.8 Å². The molecule has 2 N–H and O–H groups in total. The van der Waals surface area contributed by atoms with E-state index in [9.17, 15) is 9.59 Å². The summed E-state index contributed by atoms with van der Waals surface area (Å²) in [4.78, 5) is 22.3. The van der Waals surface area contributed by atoms with Gasteiger partial charge in [-0.05, 0) is 12.3 Å². The summed E-state index contributed by atoms with van der Waals surface area (Å²) < 4.78 is 0. The second kappa shape index (κ2) is 4.64. The lowest BCUT2D eigenvalue weighted by Gasteiger charge is -2.15. The maximum absolute atomic E-state index is 11.6. The maximum atomic E-state index is 11.6. The predicted molar refractivity (Wildman–Crippen MR) is 56.3 cm³/mol. The third-order valence-corrected chi connectivity index (χ3v) is 3.33. The SMILES string of the molecule is CCC1CC1NC(=O)C(C)C(C)C(=O)O. The number of aliphatic carboxylic acids is 1. The Bertz CT molecular complexity index is 265. The molecule has 0 aromatic carbocycles. The fourth-order valence-electron chi connectivity index (χ4n) is 1.63. The highest BCUT2D eigenvalue weighted by Gasteiger charge is 2.38. The van der Waals surface area contributed by atoms with Gasteiger partial charge < -0.3 is 10.4 Å². The van der Waals surface area contributed by atoms with E-state index in [4.69, 9.17) is 5.11 Å². The van der Waals surface area contributed by atoms with Crippen molar-refractivity contribution in [2.45, 2.75) is 39.7 Å². The first-order chi connectivity index (χ1) is 6.97. The molecule has 0 aromatic heterocycles. The van der Waals surface area contributed by atoms with Crippen LogP contribution in [0.5, 0.6) is 0 Å². The van der Waals surface area contributed by atoms with Crippen LogP contribution in [0.2, 0.25) is 0 Å². The molecule has 0 saturated heterocycles. The molecular formula is C11H19NO3. The quantitative estimate of drug-likeness (QED) is 0.722. The van der Waals surface area contributed by atoms with Crippen LogP contribution < -0.4 is 5.32 Å². The van der Waals surface area contributed by atoms with Gasteiger partial charge in [-0.1, -0.05) is 27.2 Å². The van der Waals surface area contributed by atoms with Crippen molar-refractivity contribution in [3.05, 3.63) is 0 Å². The average molecular weight is 213 g/mol. The van der Waals surface area contributed by atoms with E-state index in [2.05, 4.69) is 12.2 Å². The summed E-state index contributed by atoms with van der Waals surface area (Å²) in [6.45, 7) is 5.33. The summed E-state index contributed by atoms with van der Waals surface area (Å²) in [5, 5.41) is 11.7. The molecule has 0 spiro atoms. The van der Waals surface area contributed by atoms with Crippen molar-refractivity contribution < 1.29 is 14.7 Å². The van der Waals surface area contributed by atoms with Gasteiger partial charge in [0.05, 0.1) is 5.92 Å². The first-order valence-corrected chi connectivity index (χ1v) is 5.50. The predicted octanol–water partition coefficient (Wildman–Crippen LogP) is 1.26. The van der Waals surface area contributed by atoms with Crippen LogP contribution in [0.15, 0.2) is 0 Å². The Morgan fingerprint density at radius 2 is 2.00 bits per heavy atom. The van der Waals surface area contributed by atoms with Crippen molar-refractivity contribution in [1.29, 1.82) is 0 Å². The van der Waals surface area contributed by atoms with Gasteiger partial charge in [-0.3, -0.25) is 9.59 Å². The lowest BCUT2D eigenvalue weighted by molar-refractivity contribution is -0.146. The topological polar surface area (TPSA) is 66.4 Å². The number of hydrogen-bond acceptors (Lipinski definition) is 2. The Morgan fingerprint density at radius 1 is 1.40 bits per heavy atom. The van der Waals surface area contributed by atoms with E-state index >= 15 is 0 Å². The van der Waals surface area contributed by atoms with Crippen LogP contribution in [0.25, 0.3) is 0 Å². The van der Waals surface area contributed by atoms with Gasteiger partial charge in [0, 0.05) is 12.0 Å². The van der Waals surface area contributed by atoms with Crippen LogP contribution in [-0.2, 0) is 9.59 Å². The van der Waals surface area contributed by atoms with E-state index in [1.165, 1.54) is 0 Å². The molecule has 0 radical (unpaired) electrons. The van der Waals surface area contributed by atoms with Crippen molar-refractivity contribution in [3.8, 4) is 0 Å². The Morgan fingerprint density at radius 3 is 2.40 bits per heavy atom.